The molecule has 0 aliphatic carbocycles. The van der Waals surface area contributed by atoms with Crippen LogP contribution in [0.1, 0.15) is 66.7 Å². The van der Waals surface area contributed by atoms with Crippen molar-refractivity contribution in [2.24, 2.45) is 10.8 Å². The van der Waals surface area contributed by atoms with Gasteiger partial charge in [0.15, 0.2) is 0 Å². The number of hydrogen-bond donors (Lipinski definition) is 1. The van der Waals surface area contributed by atoms with Gasteiger partial charge in [0.1, 0.15) is 0 Å². The SMILES string of the molecule is CCC(C)(CC)CC(C)(CC)C(=O)OCCCO. The second-order valence-corrected chi connectivity index (χ2v) is 5.82. The highest BCUT2D eigenvalue weighted by Crippen LogP contribution is 2.41. The van der Waals surface area contributed by atoms with E-state index in [-0.39, 0.29) is 18.0 Å². The number of carbonyl (C=O) groups excluding carboxylic acids is 1. The van der Waals surface area contributed by atoms with Crippen LogP contribution in [-0.4, -0.2) is 24.3 Å². The van der Waals surface area contributed by atoms with E-state index < -0.39 is 5.41 Å². The minimum atomic E-state index is -0.407. The fourth-order valence-electron chi connectivity index (χ4n) is 2.19. The molecule has 0 aliphatic heterocycles. The summed E-state index contributed by atoms with van der Waals surface area (Å²) in [5.41, 5.74) is -0.211. The first kappa shape index (κ1) is 17.4. The second-order valence-electron chi connectivity index (χ2n) is 5.82. The molecule has 1 unspecified atom stereocenters. The van der Waals surface area contributed by atoms with Crippen LogP contribution in [0.5, 0.6) is 0 Å². The van der Waals surface area contributed by atoms with Gasteiger partial charge in [-0.2, -0.15) is 0 Å². The third-order valence-corrected chi connectivity index (χ3v) is 4.33. The van der Waals surface area contributed by atoms with E-state index in [1.807, 2.05) is 13.8 Å². The summed E-state index contributed by atoms with van der Waals surface area (Å²) in [6.07, 6.45) is 4.32. The summed E-state index contributed by atoms with van der Waals surface area (Å²) in [4.78, 5) is 12.2. The standard InChI is InChI=1S/C15H30O3/c1-6-14(4,7-2)12-15(5,8-3)13(17)18-11-9-10-16/h16H,6-12H2,1-5H3. The largest absolute Gasteiger partial charge is 0.465 e. The van der Waals surface area contributed by atoms with Gasteiger partial charge in [-0.1, -0.05) is 40.5 Å². The predicted octanol–water partition coefficient (Wildman–Crippen LogP) is 3.54. The highest BCUT2D eigenvalue weighted by Gasteiger charge is 2.39. The normalized spacial score (nSPS) is 15.2. The Kier molecular flexibility index (Phi) is 7.53. The maximum Gasteiger partial charge on any atom is 0.311 e. The summed E-state index contributed by atoms with van der Waals surface area (Å²) in [7, 11) is 0. The molecule has 0 aromatic rings. The molecule has 0 aliphatic rings. The monoisotopic (exact) mass is 258 g/mol. The first-order valence-corrected chi connectivity index (χ1v) is 7.15. The van der Waals surface area contributed by atoms with Crippen molar-refractivity contribution in [3.63, 3.8) is 0 Å². The molecule has 0 radical (unpaired) electrons. The van der Waals surface area contributed by atoms with E-state index in [1.165, 1.54) is 0 Å². The van der Waals surface area contributed by atoms with E-state index in [0.29, 0.717) is 13.0 Å². The number of aliphatic hydroxyl groups is 1. The zero-order valence-corrected chi connectivity index (χ0v) is 12.7. The summed E-state index contributed by atoms with van der Waals surface area (Å²) >= 11 is 0. The Labute approximate surface area is 112 Å². The van der Waals surface area contributed by atoms with Crippen molar-refractivity contribution in [3.05, 3.63) is 0 Å². The van der Waals surface area contributed by atoms with Gasteiger partial charge in [-0.3, -0.25) is 4.79 Å². The molecule has 108 valence electrons. The van der Waals surface area contributed by atoms with Gasteiger partial charge < -0.3 is 9.84 Å². The van der Waals surface area contributed by atoms with Crippen LogP contribution < -0.4 is 0 Å². The lowest BCUT2D eigenvalue weighted by atomic mass is 9.69. The molecule has 0 heterocycles. The summed E-state index contributed by atoms with van der Waals surface area (Å²) in [5.74, 6) is -0.119. The Balaban J connectivity index is 4.63. The molecular formula is C15H30O3. The van der Waals surface area contributed by atoms with Crippen molar-refractivity contribution in [1.82, 2.24) is 0 Å². The number of hydrogen-bond acceptors (Lipinski definition) is 3. The molecule has 1 atom stereocenters. The van der Waals surface area contributed by atoms with Crippen molar-refractivity contribution in [2.45, 2.75) is 66.7 Å². The molecule has 0 saturated heterocycles. The molecule has 0 rings (SSSR count). The van der Waals surface area contributed by atoms with Crippen LogP contribution in [0.2, 0.25) is 0 Å². The third kappa shape index (κ3) is 4.97. The maximum atomic E-state index is 12.2. The minimum absolute atomic E-state index is 0.0672. The number of esters is 1. The Hall–Kier alpha value is -0.570. The molecule has 3 heteroatoms. The molecule has 0 aromatic heterocycles. The second kappa shape index (κ2) is 7.78. The van der Waals surface area contributed by atoms with Gasteiger partial charge in [-0.25, -0.2) is 0 Å². The van der Waals surface area contributed by atoms with Gasteiger partial charge in [0.2, 0.25) is 0 Å². The topological polar surface area (TPSA) is 46.5 Å². The van der Waals surface area contributed by atoms with Gasteiger partial charge in [0.25, 0.3) is 0 Å². The zero-order chi connectivity index (χ0) is 14.2. The first-order valence-electron chi connectivity index (χ1n) is 7.15. The lowest BCUT2D eigenvalue weighted by molar-refractivity contribution is -0.157. The van der Waals surface area contributed by atoms with Crippen LogP contribution >= 0.6 is 0 Å². The van der Waals surface area contributed by atoms with Crippen LogP contribution in [0, 0.1) is 10.8 Å². The molecule has 18 heavy (non-hydrogen) atoms. The van der Waals surface area contributed by atoms with E-state index in [2.05, 4.69) is 20.8 Å². The number of carbonyl (C=O) groups is 1. The Morgan fingerprint density at radius 1 is 1.11 bits per heavy atom. The number of ether oxygens (including phenoxy) is 1. The lowest BCUT2D eigenvalue weighted by Crippen LogP contribution is -2.35. The van der Waals surface area contributed by atoms with Gasteiger partial charge in [0.05, 0.1) is 12.0 Å². The van der Waals surface area contributed by atoms with Gasteiger partial charge in [0, 0.05) is 13.0 Å². The average Bonchev–Trinajstić information content (AvgIpc) is 2.38. The molecule has 0 amide bonds. The Morgan fingerprint density at radius 2 is 1.67 bits per heavy atom. The molecule has 1 N–H and O–H groups in total. The van der Waals surface area contributed by atoms with Gasteiger partial charge in [-0.15, -0.1) is 0 Å². The smallest absolute Gasteiger partial charge is 0.311 e. The fraction of sp³-hybridized carbons (Fsp3) is 0.933. The highest BCUT2D eigenvalue weighted by molar-refractivity contribution is 5.76. The van der Waals surface area contributed by atoms with Gasteiger partial charge in [-0.05, 0) is 25.2 Å². The zero-order valence-electron chi connectivity index (χ0n) is 12.7. The Bertz CT molecular complexity index is 246. The van der Waals surface area contributed by atoms with E-state index in [1.54, 1.807) is 0 Å². The van der Waals surface area contributed by atoms with E-state index >= 15 is 0 Å². The lowest BCUT2D eigenvalue weighted by Gasteiger charge is -2.36. The molecule has 0 saturated carbocycles. The van der Waals surface area contributed by atoms with Crippen LogP contribution in [0.15, 0.2) is 0 Å². The van der Waals surface area contributed by atoms with Crippen LogP contribution in [0.25, 0.3) is 0 Å². The van der Waals surface area contributed by atoms with E-state index in [4.69, 9.17) is 9.84 Å². The van der Waals surface area contributed by atoms with Crippen molar-refractivity contribution in [2.75, 3.05) is 13.2 Å². The molecule has 0 bridgehead atoms. The van der Waals surface area contributed by atoms with E-state index in [9.17, 15) is 4.79 Å². The van der Waals surface area contributed by atoms with E-state index in [0.717, 1.165) is 25.7 Å². The minimum Gasteiger partial charge on any atom is -0.465 e. The first-order chi connectivity index (χ1) is 8.37. The molecule has 0 spiro atoms. The van der Waals surface area contributed by atoms with Crippen molar-refractivity contribution in [1.29, 1.82) is 0 Å². The molecule has 3 nitrogen and oxygen atoms in total. The maximum absolute atomic E-state index is 12.2. The van der Waals surface area contributed by atoms with Crippen LogP contribution in [0.3, 0.4) is 0 Å². The highest BCUT2D eigenvalue weighted by atomic mass is 16.5. The van der Waals surface area contributed by atoms with Crippen molar-refractivity contribution >= 4 is 5.97 Å². The number of aliphatic hydroxyl groups excluding tert-OH is 1. The quantitative estimate of drug-likeness (QED) is 0.508. The van der Waals surface area contributed by atoms with Crippen molar-refractivity contribution < 1.29 is 14.6 Å². The Morgan fingerprint density at radius 3 is 2.06 bits per heavy atom. The van der Waals surface area contributed by atoms with Crippen molar-refractivity contribution in [3.8, 4) is 0 Å². The summed E-state index contributed by atoms with van der Waals surface area (Å²) in [6, 6.07) is 0. The molecule has 0 fully saturated rings. The van der Waals surface area contributed by atoms with Gasteiger partial charge >= 0.3 is 5.97 Å². The van der Waals surface area contributed by atoms with Crippen LogP contribution in [0.4, 0.5) is 0 Å². The third-order valence-electron chi connectivity index (χ3n) is 4.33. The summed E-state index contributed by atoms with van der Waals surface area (Å²) in [6.45, 7) is 11.0. The average molecular weight is 258 g/mol. The predicted molar refractivity (Wildman–Crippen MR) is 74.4 cm³/mol. The fourth-order valence-corrected chi connectivity index (χ4v) is 2.19. The molecule has 0 aromatic carbocycles. The summed E-state index contributed by atoms with van der Waals surface area (Å²) < 4.78 is 5.27. The molecular weight excluding hydrogens is 228 g/mol. The van der Waals surface area contributed by atoms with Crippen LogP contribution in [-0.2, 0) is 9.53 Å². The number of rotatable bonds is 9. The summed E-state index contributed by atoms with van der Waals surface area (Å²) in [5, 5.41) is 8.71.